The molecule has 36 heavy (non-hydrogen) atoms. The van der Waals surface area contributed by atoms with Crippen molar-refractivity contribution in [2.45, 2.75) is 52.7 Å². The quantitative estimate of drug-likeness (QED) is 0.475. The summed E-state index contributed by atoms with van der Waals surface area (Å²) in [6.07, 6.45) is -2.33. The van der Waals surface area contributed by atoms with E-state index in [1.54, 1.807) is 41.5 Å². The summed E-state index contributed by atoms with van der Waals surface area (Å²) in [5.74, 6) is -1.49. The van der Waals surface area contributed by atoms with Crippen molar-refractivity contribution >= 4 is 35.8 Å². The van der Waals surface area contributed by atoms with Gasteiger partial charge in [0.05, 0.1) is 24.6 Å². The molecule has 0 bridgehead atoms. The number of hydrogen-bond acceptors (Lipinski definition) is 9. The predicted molar refractivity (Wildman–Crippen MR) is 126 cm³/mol. The molecule has 198 valence electrons. The molecule has 1 aliphatic heterocycles. The number of amides is 4. The molecule has 1 aliphatic rings. The fourth-order valence-corrected chi connectivity index (χ4v) is 3.17. The maximum absolute atomic E-state index is 13.5. The molecule has 0 atom stereocenters. The summed E-state index contributed by atoms with van der Waals surface area (Å²) in [7, 11) is 1.14. The Morgan fingerprint density at radius 3 is 1.78 bits per heavy atom. The van der Waals surface area contributed by atoms with Crippen LogP contribution in [0.2, 0.25) is 0 Å². The van der Waals surface area contributed by atoms with Crippen molar-refractivity contribution in [1.29, 1.82) is 0 Å². The maximum Gasteiger partial charge on any atom is 0.424 e. The first kappa shape index (κ1) is 28.3. The molecule has 2 rings (SSSR count). The van der Waals surface area contributed by atoms with Gasteiger partial charge in [-0.3, -0.25) is 4.79 Å². The summed E-state index contributed by atoms with van der Waals surface area (Å²) < 4.78 is 15.4. The number of imide groups is 1. The van der Waals surface area contributed by atoms with Crippen LogP contribution in [0.4, 0.5) is 20.1 Å². The second kappa shape index (κ2) is 10.8. The summed E-state index contributed by atoms with van der Waals surface area (Å²) in [5.41, 5.74) is -2.70. The van der Waals surface area contributed by atoms with Gasteiger partial charge in [0.2, 0.25) is 0 Å². The molecule has 1 fully saturated rings. The van der Waals surface area contributed by atoms with Gasteiger partial charge in [-0.15, -0.1) is 0 Å². The predicted octanol–water partition coefficient (Wildman–Crippen LogP) is 2.98. The normalized spacial score (nSPS) is 14.1. The van der Waals surface area contributed by atoms with Gasteiger partial charge in [0.15, 0.2) is 0 Å². The number of carbonyl (C=O) groups excluding carboxylic acids is 4. The number of nitrogens with zero attached hydrogens (tertiary/aromatic N) is 4. The number of carbonyl (C=O) groups is 5. The van der Waals surface area contributed by atoms with Crippen LogP contribution in [0.3, 0.4) is 0 Å². The summed E-state index contributed by atoms with van der Waals surface area (Å²) in [4.78, 5) is 70.1. The van der Waals surface area contributed by atoms with Gasteiger partial charge < -0.3 is 29.1 Å². The topological polar surface area (TPSA) is 156 Å². The molecule has 4 amide bonds. The maximum atomic E-state index is 13.5. The van der Waals surface area contributed by atoms with E-state index in [0.717, 1.165) is 24.3 Å². The fraction of sp³-hybridized carbons (Fsp3) is 0.565. The van der Waals surface area contributed by atoms with Gasteiger partial charge in [-0.05, 0) is 47.6 Å². The molecule has 1 saturated heterocycles. The van der Waals surface area contributed by atoms with Crippen LogP contribution in [0.5, 0.6) is 0 Å². The minimum atomic E-state index is -1.12. The Labute approximate surface area is 208 Å². The standard InChI is InChI=1S/C23H32N4O9/c1-22(2,3)35-20(32)27(21(33)36-23(4,5)6)16-13-24-15(18(29)34-7)12-14(16)17(28)25-8-10-26(11-9-25)19(30)31/h12-13H,8-11H2,1-7H3,(H,30,31). The first-order valence-electron chi connectivity index (χ1n) is 11.2. The molecule has 2 heterocycles. The summed E-state index contributed by atoms with van der Waals surface area (Å²) in [6, 6.07) is 1.11. The highest BCUT2D eigenvalue weighted by atomic mass is 16.6. The van der Waals surface area contributed by atoms with Crippen molar-refractivity contribution < 1.29 is 43.3 Å². The van der Waals surface area contributed by atoms with Crippen molar-refractivity contribution in [1.82, 2.24) is 14.8 Å². The monoisotopic (exact) mass is 508 g/mol. The molecule has 13 heteroatoms. The van der Waals surface area contributed by atoms with Crippen LogP contribution < -0.4 is 4.90 Å². The smallest absolute Gasteiger partial charge is 0.424 e. The zero-order valence-corrected chi connectivity index (χ0v) is 21.5. The number of rotatable bonds is 3. The minimum Gasteiger partial charge on any atom is -0.465 e. The van der Waals surface area contributed by atoms with Gasteiger partial charge in [0.25, 0.3) is 5.91 Å². The number of pyridine rings is 1. The molecular weight excluding hydrogens is 476 g/mol. The largest absolute Gasteiger partial charge is 0.465 e. The molecule has 0 aromatic carbocycles. The van der Waals surface area contributed by atoms with Gasteiger partial charge in [0.1, 0.15) is 16.9 Å². The van der Waals surface area contributed by atoms with E-state index in [9.17, 15) is 29.1 Å². The van der Waals surface area contributed by atoms with Crippen LogP contribution in [0, 0.1) is 0 Å². The number of methoxy groups -OCH3 is 1. The van der Waals surface area contributed by atoms with E-state index >= 15 is 0 Å². The fourth-order valence-electron chi connectivity index (χ4n) is 3.17. The Morgan fingerprint density at radius 1 is 0.889 bits per heavy atom. The van der Waals surface area contributed by atoms with Crippen molar-refractivity contribution in [3.05, 3.63) is 23.5 Å². The van der Waals surface area contributed by atoms with Gasteiger partial charge in [-0.1, -0.05) is 0 Å². The Morgan fingerprint density at radius 2 is 1.36 bits per heavy atom. The molecule has 0 aliphatic carbocycles. The third-order valence-corrected chi connectivity index (χ3v) is 4.74. The molecule has 0 spiro atoms. The van der Waals surface area contributed by atoms with Crippen LogP contribution in [0.25, 0.3) is 0 Å². The Balaban J connectivity index is 2.60. The Bertz CT molecular complexity index is 1010. The van der Waals surface area contributed by atoms with E-state index in [1.165, 1.54) is 4.90 Å². The number of piperazine rings is 1. The van der Waals surface area contributed by atoms with Crippen molar-refractivity contribution in [2.75, 3.05) is 38.2 Å². The summed E-state index contributed by atoms with van der Waals surface area (Å²) in [5, 5.41) is 9.18. The highest BCUT2D eigenvalue weighted by molar-refractivity contribution is 6.14. The molecule has 0 unspecified atom stereocenters. The van der Waals surface area contributed by atoms with E-state index in [0.29, 0.717) is 4.90 Å². The lowest BCUT2D eigenvalue weighted by Crippen LogP contribution is -2.51. The first-order valence-corrected chi connectivity index (χ1v) is 11.2. The Kier molecular flexibility index (Phi) is 8.49. The second-order valence-corrected chi connectivity index (χ2v) is 9.94. The van der Waals surface area contributed by atoms with Crippen LogP contribution >= 0.6 is 0 Å². The zero-order valence-electron chi connectivity index (χ0n) is 21.5. The molecule has 13 nitrogen and oxygen atoms in total. The second-order valence-electron chi connectivity index (χ2n) is 9.94. The number of aromatic nitrogens is 1. The number of carboxylic acid groups (broad SMARTS) is 1. The van der Waals surface area contributed by atoms with Gasteiger partial charge >= 0.3 is 24.2 Å². The zero-order chi connectivity index (χ0) is 27.4. The van der Waals surface area contributed by atoms with E-state index in [2.05, 4.69) is 9.72 Å². The van der Waals surface area contributed by atoms with Crippen LogP contribution in [-0.4, -0.2) is 94.5 Å². The lowest BCUT2D eigenvalue weighted by molar-refractivity contribution is 0.0429. The minimum absolute atomic E-state index is 0.0549. The molecule has 1 aromatic rings. The molecular formula is C23H32N4O9. The SMILES string of the molecule is COC(=O)c1cc(C(=O)N2CCN(C(=O)O)CC2)c(N(C(=O)OC(C)(C)C)C(=O)OC(C)(C)C)cn1. The number of anilines is 1. The highest BCUT2D eigenvalue weighted by Crippen LogP contribution is 2.27. The molecule has 1 aromatic heterocycles. The third kappa shape index (κ3) is 7.30. The van der Waals surface area contributed by atoms with E-state index in [4.69, 9.17) is 9.47 Å². The molecule has 1 N–H and O–H groups in total. The number of esters is 1. The number of ether oxygens (including phenoxy) is 3. The van der Waals surface area contributed by atoms with E-state index < -0.39 is 41.4 Å². The van der Waals surface area contributed by atoms with Crippen molar-refractivity contribution in [2.24, 2.45) is 0 Å². The summed E-state index contributed by atoms with van der Waals surface area (Å²) in [6.45, 7) is 9.85. The van der Waals surface area contributed by atoms with Gasteiger partial charge in [0, 0.05) is 26.2 Å². The van der Waals surface area contributed by atoms with Gasteiger partial charge in [-0.25, -0.2) is 24.2 Å². The Hall–Kier alpha value is -3.90. The third-order valence-electron chi connectivity index (χ3n) is 4.74. The average Bonchev–Trinajstić information content (AvgIpc) is 2.76. The highest BCUT2D eigenvalue weighted by Gasteiger charge is 2.37. The molecule has 0 radical (unpaired) electrons. The van der Waals surface area contributed by atoms with E-state index in [1.807, 2.05) is 0 Å². The average molecular weight is 509 g/mol. The van der Waals surface area contributed by atoms with Gasteiger partial charge in [-0.2, -0.15) is 4.90 Å². The van der Waals surface area contributed by atoms with Crippen LogP contribution in [0.15, 0.2) is 12.3 Å². The molecule has 0 saturated carbocycles. The number of hydrogen-bond donors (Lipinski definition) is 1. The van der Waals surface area contributed by atoms with Crippen LogP contribution in [-0.2, 0) is 14.2 Å². The first-order chi connectivity index (χ1) is 16.5. The van der Waals surface area contributed by atoms with E-state index in [-0.39, 0.29) is 43.1 Å². The lowest BCUT2D eigenvalue weighted by Gasteiger charge is -2.34. The van der Waals surface area contributed by atoms with Crippen LogP contribution in [0.1, 0.15) is 62.4 Å². The summed E-state index contributed by atoms with van der Waals surface area (Å²) >= 11 is 0. The van der Waals surface area contributed by atoms with Crippen molar-refractivity contribution in [3.63, 3.8) is 0 Å². The van der Waals surface area contributed by atoms with Crippen molar-refractivity contribution in [3.8, 4) is 0 Å². The lowest BCUT2D eigenvalue weighted by atomic mass is 10.1.